The van der Waals surface area contributed by atoms with Crippen molar-refractivity contribution in [3.05, 3.63) is 96.1 Å². The van der Waals surface area contributed by atoms with E-state index in [0.717, 1.165) is 76.0 Å². The van der Waals surface area contributed by atoms with Gasteiger partial charge in [0.05, 0.1) is 21.2 Å². The molecule has 0 radical (unpaired) electrons. The van der Waals surface area contributed by atoms with E-state index < -0.39 is 31.9 Å². The molecule has 0 aliphatic heterocycles. The summed E-state index contributed by atoms with van der Waals surface area (Å²) in [6.45, 7) is 12.0. The lowest BCUT2D eigenvalue weighted by atomic mass is 10.2. The van der Waals surface area contributed by atoms with Crippen molar-refractivity contribution in [3.63, 3.8) is 0 Å². The number of benzene rings is 4. The van der Waals surface area contributed by atoms with Crippen molar-refractivity contribution in [2.75, 3.05) is 67.9 Å². The molecule has 4 amide bonds. The molecule has 4 aromatic rings. The Labute approximate surface area is 405 Å². The van der Waals surface area contributed by atoms with Crippen molar-refractivity contribution >= 4 is 93.6 Å². The lowest BCUT2D eigenvalue weighted by Crippen LogP contribution is -2.44. The molecule has 0 aliphatic rings. The molecule has 20 heteroatoms. The van der Waals surface area contributed by atoms with E-state index >= 15 is 0 Å². The number of hydrogen-bond acceptors (Lipinski definition) is 10. The van der Waals surface area contributed by atoms with Gasteiger partial charge >= 0.3 is 11.8 Å². The van der Waals surface area contributed by atoms with E-state index in [-0.39, 0.29) is 48.8 Å². The topological polar surface area (TPSA) is 233 Å². The Morgan fingerprint density at radius 2 is 0.765 bits per heavy atom. The minimum Gasteiger partial charge on any atom is -0.326 e. The van der Waals surface area contributed by atoms with E-state index in [1.807, 2.05) is 0 Å². The van der Waals surface area contributed by atoms with E-state index in [9.17, 15) is 36.0 Å². The fourth-order valence-electron chi connectivity index (χ4n) is 6.83. The molecule has 8 N–H and O–H groups in total. The van der Waals surface area contributed by atoms with Gasteiger partial charge in [0, 0.05) is 35.1 Å². The minimum absolute atomic E-state index is 0.0106. The molecule has 0 saturated carbocycles. The van der Waals surface area contributed by atoms with Crippen LogP contribution in [0.5, 0.6) is 0 Å². The number of rotatable bonds is 28. The van der Waals surface area contributed by atoms with Gasteiger partial charge in [0.2, 0.25) is 11.8 Å². The fraction of sp³-hybridized carbons (Fsp3) is 0.417. The van der Waals surface area contributed by atoms with Gasteiger partial charge in [-0.3, -0.25) is 50.3 Å². The summed E-state index contributed by atoms with van der Waals surface area (Å²) >= 11 is 0. The van der Waals surface area contributed by atoms with E-state index in [2.05, 4.69) is 69.5 Å². The van der Waals surface area contributed by atoms with Crippen LogP contribution in [0.25, 0.3) is 0 Å². The number of hydrogen-bond donors (Lipinski definition) is 8. The summed E-state index contributed by atoms with van der Waals surface area (Å²) in [5.41, 5.74) is 13.4. The molecule has 0 aliphatic carbocycles. The SMILES string of the molecule is CCCCP(CCCC)CC(=O)Nc1ccc(S(=O)(=O)Nc2ccc(NNC(=O)C(=O)NNc3ccc(NS(=O)(=O)c4ccc(NC(=O)CP(CCCC)CCCC)cc4)cc3C)c(C)c2)cc1. The molecule has 0 spiro atoms. The van der Waals surface area contributed by atoms with Gasteiger partial charge < -0.3 is 10.6 Å². The summed E-state index contributed by atoms with van der Waals surface area (Å²) in [6.07, 6.45) is 14.1. The standard InChI is InChI=1S/C48H68N8O8P2S2/c1-7-11-27-65(28-12-8-2)33-45(57)49-37-15-21-41(22-16-37)67(61,62)55-39-19-25-43(35(5)31-39)51-53-47(59)48(60)54-52-44-26-20-40(32-36(44)6)56-68(63,64)42-23-17-38(18-24-42)50-46(58)34-66(29-13-9-3)30-14-10-4/h15-26,31-32,51-52,55-56H,7-14,27-30,33-34H2,1-6H3,(H,49,57)(H,50,58)(H,53,59)(H,54,60). The molecule has 4 rings (SSSR count). The third-order valence-electron chi connectivity index (χ3n) is 10.7. The predicted molar refractivity (Wildman–Crippen MR) is 280 cm³/mol. The van der Waals surface area contributed by atoms with E-state index in [4.69, 9.17) is 0 Å². The summed E-state index contributed by atoms with van der Waals surface area (Å²) in [4.78, 5) is 50.9. The summed E-state index contributed by atoms with van der Waals surface area (Å²) in [6, 6.07) is 21.1. The highest BCUT2D eigenvalue weighted by atomic mass is 32.2. The summed E-state index contributed by atoms with van der Waals surface area (Å²) in [7, 11) is -8.73. The maximum Gasteiger partial charge on any atom is 0.329 e. The number of sulfonamides is 2. The molecule has 0 bridgehead atoms. The van der Waals surface area contributed by atoms with E-state index in [0.29, 0.717) is 46.2 Å². The number of carbonyl (C=O) groups is 4. The van der Waals surface area contributed by atoms with E-state index in [1.165, 1.54) is 48.5 Å². The second-order valence-electron chi connectivity index (χ2n) is 16.5. The second-order valence-corrected chi connectivity index (χ2v) is 25.0. The van der Waals surface area contributed by atoms with Crippen molar-refractivity contribution in [2.24, 2.45) is 0 Å². The molecule has 0 saturated heterocycles. The van der Waals surface area contributed by atoms with Crippen LogP contribution in [0.2, 0.25) is 0 Å². The Hall–Kier alpha value is -5.28. The van der Waals surface area contributed by atoms with Crippen LogP contribution in [0, 0.1) is 13.8 Å². The molecule has 4 aromatic carbocycles. The monoisotopic (exact) mass is 1010 g/mol. The van der Waals surface area contributed by atoms with E-state index in [1.54, 1.807) is 50.2 Å². The zero-order valence-corrected chi connectivity index (χ0v) is 43.4. The van der Waals surface area contributed by atoms with Crippen molar-refractivity contribution in [2.45, 2.75) is 103 Å². The molecule has 0 atom stereocenters. The first-order valence-electron chi connectivity index (χ1n) is 23.1. The number of amides is 4. The first-order chi connectivity index (χ1) is 32.5. The van der Waals surface area contributed by atoms with Crippen LogP contribution in [0.15, 0.2) is 94.7 Å². The summed E-state index contributed by atoms with van der Waals surface area (Å²) < 4.78 is 57.9. The molecule has 370 valence electrons. The molecular formula is C48H68N8O8P2S2. The van der Waals surface area contributed by atoms with Crippen LogP contribution >= 0.6 is 15.8 Å². The Kier molecular flexibility index (Phi) is 22.5. The largest absolute Gasteiger partial charge is 0.329 e. The van der Waals surface area contributed by atoms with Crippen molar-refractivity contribution in [3.8, 4) is 0 Å². The molecule has 0 heterocycles. The third kappa shape index (κ3) is 18.3. The molecule has 68 heavy (non-hydrogen) atoms. The smallest absolute Gasteiger partial charge is 0.326 e. The van der Waals surface area contributed by atoms with Gasteiger partial charge in [-0.1, -0.05) is 69.2 Å². The fourth-order valence-corrected chi connectivity index (χ4v) is 14.0. The zero-order valence-electron chi connectivity index (χ0n) is 40.0. The average molecular weight is 1010 g/mol. The molecule has 0 fully saturated rings. The third-order valence-corrected chi connectivity index (χ3v) is 18.8. The molecule has 0 aromatic heterocycles. The van der Waals surface area contributed by atoms with Gasteiger partial charge in [0.1, 0.15) is 0 Å². The van der Waals surface area contributed by atoms with Crippen LogP contribution in [0.1, 0.15) is 90.2 Å². The van der Waals surface area contributed by atoms with Gasteiger partial charge in [-0.2, -0.15) is 0 Å². The number of hydrazine groups is 2. The quantitative estimate of drug-likeness (QED) is 0.0152. The summed E-state index contributed by atoms with van der Waals surface area (Å²) in [5, 5.41) is 5.81. The van der Waals surface area contributed by atoms with Crippen molar-refractivity contribution < 1.29 is 36.0 Å². The zero-order chi connectivity index (χ0) is 49.7. The Balaban J connectivity index is 1.23. The highest BCUT2D eigenvalue weighted by Gasteiger charge is 2.20. The van der Waals surface area contributed by atoms with Gasteiger partial charge in [-0.15, -0.1) is 0 Å². The normalized spacial score (nSPS) is 11.5. The van der Waals surface area contributed by atoms with Crippen LogP contribution in [0.3, 0.4) is 0 Å². The van der Waals surface area contributed by atoms with Crippen LogP contribution < -0.4 is 41.8 Å². The number of unbranched alkanes of at least 4 members (excludes halogenated alkanes) is 4. The molecular weight excluding hydrogens is 943 g/mol. The molecule has 16 nitrogen and oxygen atoms in total. The Bertz CT molecular complexity index is 2340. The minimum atomic E-state index is -3.98. The average Bonchev–Trinajstić information content (AvgIpc) is 3.30. The number of carbonyl (C=O) groups excluding carboxylic acids is 4. The van der Waals surface area contributed by atoms with Crippen LogP contribution in [0.4, 0.5) is 34.1 Å². The first kappa shape index (κ1) is 55.3. The number of nitrogens with one attached hydrogen (secondary N) is 8. The van der Waals surface area contributed by atoms with Gasteiger partial charge in [0.15, 0.2) is 0 Å². The molecule has 0 unspecified atom stereocenters. The van der Waals surface area contributed by atoms with Crippen LogP contribution in [-0.2, 0) is 39.2 Å². The maximum absolute atomic E-state index is 13.2. The lowest BCUT2D eigenvalue weighted by molar-refractivity contribution is -0.138. The highest BCUT2D eigenvalue weighted by molar-refractivity contribution is 7.93. The van der Waals surface area contributed by atoms with Crippen molar-refractivity contribution in [1.82, 2.24) is 10.9 Å². The van der Waals surface area contributed by atoms with Gasteiger partial charge in [-0.25, -0.2) is 16.8 Å². The highest BCUT2D eigenvalue weighted by Crippen LogP contribution is 2.39. The first-order valence-corrected chi connectivity index (χ1v) is 29.9. The van der Waals surface area contributed by atoms with Gasteiger partial charge in [-0.05, 0) is 160 Å². The second kappa shape index (κ2) is 27.6. The van der Waals surface area contributed by atoms with Gasteiger partial charge in [0.25, 0.3) is 20.0 Å². The lowest BCUT2D eigenvalue weighted by Gasteiger charge is -2.17. The predicted octanol–water partition coefficient (Wildman–Crippen LogP) is 9.53. The summed E-state index contributed by atoms with van der Waals surface area (Å²) in [5.74, 6) is -2.20. The maximum atomic E-state index is 13.2. The number of aryl methyl sites for hydroxylation is 2. The van der Waals surface area contributed by atoms with Crippen molar-refractivity contribution in [1.29, 1.82) is 0 Å². The van der Waals surface area contributed by atoms with Crippen LogP contribution in [-0.4, -0.2) is 77.4 Å². The Morgan fingerprint density at radius 1 is 0.456 bits per heavy atom. The number of anilines is 6. The Morgan fingerprint density at radius 3 is 1.06 bits per heavy atom.